The van der Waals surface area contributed by atoms with Gasteiger partial charge >= 0.3 is 0 Å². The normalized spacial score (nSPS) is 12.5. The van der Waals surface area contributed by atoms with Crippen molar-refractivity contribution in [3.63, 3.8) is 0 Å². The average molecular weight is 278 g/mol. The fourth-order valence-corrected chi connectivity index (χ4v) is 2.60. The molecular formula is C18H18N2O. The molecule has 1 atom stereocenters. The predicted molar refractivity (Wildman–Crippen MR) is 86.8 cm³/mol. The molecule has 3 heteroatoms. The molecular weight excluding hydrogens is 260 g/mol. The van der Waals surface area contributed by atoms with Crippen molar-refractivity contribution in [2.45, 2.75) is 19.4 Å². The van der Waals surface area contributed by atoms with Gasteiger partial charge in [0, 0.05) is 22.8 Å². The number of aromatic nitrogens is 1. The molecule has 3 nitrogen and oxygen atoms in total. The molecule has 0 radical (unpaired) electrons. The third-order valence-electron chi connectivity index (χ3n) is 3.79. The van der Waals surface area contributed by atoms with Crippen molar-refractivity contribution in [2.75, 3.05) is 0 Å². The first-order chi connectivity index (χ1) is 10.2. The number of hydrogen-bond donors (Lipinski definition) is 1. The Morgan fingerprint density at radius 2 is 1.71 bits per heavy atom. The molecule has 0 fully saturated rings. The molecule has 0 aliphatic carbocycles. The molecule has 0 bridgehead atoms. The monoisotopic (exact) mass is 278 g/mol. The van der Waals surface area contributed by atoms with Gasteiger partial charge in [-0.25, -0.2) is 0 Å². The van der Waals surface area contributed by atoms with E-state index in [0.29, 0.717) is 5.39 Å². The summed E-state index contributed by atoms with van der Waals surface area (Å²) in [6.07, 6.45) is 0.782. The van der Waals surface area contributed by atoms with Crippen LogP contribution in [-0.2, 0) is 0 Å². The Labute approximate surface area is 123 Å². The van der Waals surface area contributed by atoms with Crippen LogP contribution in [-0.4, -0.2) is 4.57 Å². The Morgan fingerprint density at radius 1 is 1.05 bits per heavy atom. The molecule has 0 aliphatic rings. The lowest BCUT2D eigenvalue weighted by Gasteiger charge is -2.18. The number of nitrogens with two attached hydrogens (primary N) is 1. The Bertz CT molecular complexity index is 821. The van der Waals surface area contributed by atoms with Crippen LogP contribution in [0.2, 0.25) is 0 Å². The summed E-state index contributed by atoms with van der Waals surface area (Å²) in [4.78, 5) is 12.9. The fraction of sp³-hybridized carbons (Fsp3) is 0.167. The van der Waals surface area contributed by atoms with Crippen molar-refractivity contribution >= 4 is 10.8 Å². The first-order valence-electron chi connectivity index (χ1n) is 7.18. The lowest BCUT2D eigenvalue weighted by atomic mass is 10.1. The standard InChI is InChI=1S/C18H18N2O/c1-2-16(19)17-12-13-8-6-7-11-15(13)18(21)20(17)14-9-4-3-5-10-14/h3-12,16H,2,19H2,1H3/t16-/m0/s1. The van der Waals surface area contributed by atoms with Crippen LogP contribution in [0.15, 0.2) is 65.5 Å². The molecule has 0 amide bonds. The fourth-order valence-electron chi connectivity index (χ4n) is 2.60. The lowest BCUT2D eigenvalue weighted by Crippen LogP contribution is -2.26. The zero-order valence-corrected chi connectivity index (χ0v) is 12.0. The summed E-state index contributed by atoms with van der Waals surface area (Å²) >= 11 is 0. The quantitative estimate of drug-likeness (QED) is 0.798. The Hall–Kier alpha value is -2.39. The van der Waals surface area contributed by atoms with E-state index in [4.69, 9.17) is 5.73 Å². The van der Waals surface area contributed by atoms with Gasteiger partial charge < -0.3 is 5.73 Å². The second-order valence-corrected chi connectivity index (χ2v) is 5.15. The highest BCUT2D eigenvalue weighted by molar-refractivity contribution is 5.82. The highest BCUT2D eigenvalue weighted by Crippen LogP contribution is 2.21. The smallest absolute Gasteiger partial charge is 0.263 e. The van der Waals surface area contributed by atoms with Crippen LogP contribution in [0.5, 0.6) is 0 Å². The number of fused-ring (bicyclic) bond motifs is 1. The van der Waals surface area contributed by atoms with Crippen LogP contribution in [0.4, 0.5) is 0 Å². The summed E-state index contributed by atoms with van der Waals surface area (Å²) in [5.41, 5.74) is 7.92. The Kier molecular flexibility index (Phi) is 3.59. The van der Waals surface area contributed by atoms with Crippen LogP contribution >= 0.6 is 0 Å². The summed E-state index contributed by atoms with van der Waals surface area (Å²) in [7, 11) is 0. The van der Waals surface area contributed by atoms with Crippen LogP contribution in [0.1, 0.15) is 25.1 Å². The molecule has 2 aromatic carbocycles. The van der Waals surface area contributed by atoms with Gasteiger partial charge in [0.1, 0.15) is 0 Å². The zero-order valence-electron chi connectivity index (χ0n) is 12.0. The molecule has 0 saturated heterocycles. The Balaban J connectivity index is 2.40. The number of hydrogen-bond acceptors (Lipinski definition) is 2. The summed E-state index contributed by atoms with van der Waals surface area (Å²) in [6, 6.07) is 19.2. The van der Waals surface area contributed by atoms with Gasteiger partial charge in [0.15, 0.2) is 0 Å². The topological polar surface area (TPSA) is 48.0 Å². The molecule has 0 spiro atoms. The number of para-hydroxylation sites is 1. The van der Waals surface area contributed by atoms with E-state index in [9.17, 15) is 4.79 Å². The summed E-state index contributed by atoms with van der Waals surface area (Å²) in [6.45, 7) is 2.03. The van der Waals surface area contributed by atoms with E-state index in [1.165, 1.54) is 0 Å². The lowest BCUT2D eigenvalue weighted by molar-refractivity contribution is 0.650. The van der Waals surface area contributed by atoms with Gasteiger partial charge in [0.05, 0.1) is 0 Å². The van der Waals surface area contributed by atoms with Crippen molar-refractivity contribution in [1.82, 2.24) is 4.57 Å². The van der Waals surface area contributed by atoms with Crippen LogP contribution < -0.4 is 11.3 Å². The summed E-state index contributed by atoms with van der Waals surface area (Å²) in [5.74, 6) is 0. The van der Waals surface area contributed by atoms with Crippen LogP contribution in [0.25, 0.3) is 16.5 Å². The van der Waals surface area contributed by atoms with Gasteiger partial charge in [-0.3, -0.25) is 9.36 Å². The maximum atomic E-state index is 12.9. The van der Waals surface area contributed by atoms with Gasteiger partial charge in [-0.05, 0) is 36.1 Å². The van der Waals surface area contributed by atoms with E-state index in [1.54, 1.807) is 4.57 Å². The number of benzene rings is 2. The highest BCUT2D eigenvalue weighted by Gasteiger charge is 2.14. The first-order valence-corrected chi connectivity index (χ1v) is 7.18. The molecule has 3 aromatic rings. The van der Waals surface area contributed by atoms with Gasteiger partial charge in [0.2, 0.25) is 0 Å². The molecule has 0 saturated carbocycles. The maximum absolute atomic E-state index is 12.9. The molecule has 0 unspecified atom stereocenters. The van der Waals surface area contributed by atoms with Crippen molar-refractivity contribution in [3.8, 4) is 5.69 Å². The highest BCUT2D eigenvalue weighted by atomic mass is 16.1. The molecule has 0 aliphatic heterocycles. The van der Waals surface area contributed by atoms with Crippen LogP contribution in [0.3, 0.4) is 0 Å². The minimum absolute atomic E-state index is 0.0156. The largest absolute Gasteiger partial charge is 0.323 e. The molecule has 21 heavy (non-hydrogen) atoms. The van der Waals surface area contributed by atoms with E-state index in [-0.39, 0.29) is 11.6 Å². The summed E-state index contributed by atoms with van der Waals surface area (Å²) in [5, 5.41) is 1.65. The van der Waals surface area contributed by atoms with E-state index in [0.717, 1.165) is 23.2 Å². The SMILES string of the molecule is CC[C@H](N)c1cc2ccccc2c(=O)n1-c1ccccc1. The van der Waals surface area contributed by atoms with E-state index in [2.05, 4.69) is 0 Å². The first kappa shape index (κ1) is 13.6. The van der Waals surface area contributed by atoms with E-state index < -0.39 is 0 Å². The van der Waals surface area contributed by atoms with E-state index in [1.807, 2.05) is 67.6 Å². The number of rotatable bonds is 3. The number of pyridine rings is 1. The van der Waals surface area contributed by atoms with Gasteiger partial charge in [-0.15, -0.1) is 0 Å². The molecule has 1 aromatic heterocycles. The van der Waals surface area contributed by atoms with Crippen molar-refractivity contribution in [2.24, 2.45) is 5.73 Å². The van der Waals surface area contributed by atoms with Crippen molar-refractivity contribution in [1.29, 1.82) is 0 Å². The van der Waals surface area contributed by atoms with Gasteiger partial charge in [-0.2, -0.15) is 0 Å². The van der Waals surface area contributed by atoms with Gasteiger partial charge in [0.25, 0.3) is 5.56 Å². The second kappa shape index (κ2) is 5.54. The minimum atomic E-state index is -0.164. The number of nitrogens with zero attached hydrogens (tertiary/aromatic N) is 1. The second-order valence-electron chi connectivity index (χ2n) is 5.15. The molecule has 1 heterocycles. The predicted octanol–water partition coefficient (Wildman–Crippen LogP) is 3.40. The molecule has 3 rings (SSSR count). The molecule has 2 N–H and O–H groups in total. The molecule has 106 valence electrons. The van der Waals surface area contributed by atoms with Crippen molar-refractivity contribution in [3.05, 3.63) is 76.7 Å². The summed E-state index contributed by atoms with van der Waals surface area (Å²) < 4.78 is 1.73. The maximum Gasteiger partial charge on any atom is 0.263 e. The minimum Gasteiger partial charge on any atom is -0.323 e. The van der Waals surface area contributed by atoms with E-state index >= 15 is 0 Å². The Morgan fingerprint density at radius 3 is 2.43 bits per heavy atom. The third-order valence-corrected chi connectivity index (χ3v) is 3.79. The zero-order chi connectivity index (χ0) is 14.8. The average Bonchev–Trinajstić information content (AvgIpc) is 2.55. The van der Waals surface area contributed by atoms with Gasteiger partial charge in [-0.1, -0.05) is 43.3 Å². The van der Waals surface area contributed by atoms with Crippen molar-refractivity contribution < 1.29 is 0 Å². The van der Waals surface area contributed by atoms with Crippen LogP contribution in [0, 0.1) is 0 Å². The third kappa shape index (κ3) is 2.36.